The van der Waals surface area contributed by atoms with Crippen LogP contribution in [-0.2, 0) is 10.2 Å². The molecule has 0 unspecified atom stereocenters. The van der Waals surface area contributed by atoms with E-state index in [9.17, 15) is 14.7 Å². The van der Waals surface area contributed by atoms with Gasteiger partial charge in [-0.1, -0.05) is 62.2 Å². The van der Waals surface area contributed by atoms with Crippen LogP contribution in [0.5, 0.6) is 5.75 Å². The Kier molecular flexibility index (Phi) is 7.94. The van der Waals surface area contributed by atoms with E-state index < -0.39 is 29.2 Å². The Morgan fingerprint density at radius 2 is 1.90 bits per heavy atom. The number of likely N-dealkylation sites (tertiary alicyclic amines) is 1. The number of hydrogen-bond donors (Lipinski definition) is 3. The molecule has 1 fully saturated rings. The molecule has 2 aliphatic heterocycles. The van der Waals surface area contributed by atoms with Crippen LogP contribution in [0.2, 0.25) is 10.0 Å². The van der Waals surface area contributed by atoms with Crippen molar-refractivity contribution in [3.8, 4) is 5.75 Å². The van der Waals surface area contributed by atoms with E-state index in [2.05, 4.69) is 36.3 Å². The number of carboxylic acids is 1. The topological polar surface area (TPSA) is 90.9 Å². The lowest BCUT2D eigenvalue weighted by molar-refractivity contribution is -0.120. The second-order valence-electron chi connectivity index (χ2n) is 12.3. The van der Waals surface area contributed by atoms with Crippen molar-refractivity contribution in [3.63, 3.8) is 0 Å². The van der Waals surface area contributed by atoms with Gasteiger partial charge in [-0.05, 0) is 66.4 Å². The van der Waals surface area contributed by atoms with Gasteiger partial charge in [0.15, 0.2) is 0 Å². The van der Waals surface area contributed by atoms with E-state index in [1.165, 1.54) is 31.4 Å². The molecular weight excluding hydrogens is 580 g/mol. The second kappa shape index (κ2) is 11.1. The smallest absolute Gasteiger partial charge is 0.335 e. The monoisotopic (exact) mass is 613 g/mol. The maximum absolute atomic E-state index is 16.0. The van der Waals surface area contributed by atoms with Gasteiger partial charge in [-0.15, -0.1) is 0 Å². The van der Waals surface area contributed by atoms with Crippen LogP contribution in [0.25, 0.3) is 0 Å². The molecule has 3 aromatic carbocycles. The molecule has 3 N–H and O–H groups in total. The first-order valence-electron chi connectivity index (χ1n) is 13.7. The Morgan fingerprint density at radius 3 is 2.57 bits per heavy atom. The molecule has 1 spiro atoms. The zero-order valence-corrected chi connectivity index (χ0v) is 25.6. The summed E-state index contributed by atoms with van der Waals surface area (Å²) in [6, 6.07) is 13.9. The van der Waals surface area contributed by atoms with Crippen LogP contribution in [0.15, 0.2) is 54.6 Å². The van der Waals surface area contributed by atoms with Crippen LogP contribution in [0, 0.1) is 11.2 Å². The molecule has 7 nitrogen and oxygen atoms in total. The van der Waals surface area contributed by atoms with E-state index in [0.717, 1.165) is 11.3 Å². The van der Waals surface area contributed by atoms with Gasteiger partial charge >= 0.3 is 5.97 Å². The fourth-order valence-electron chi connectivity index (χ4n) is 6.85. The lowest BCUT2D eigenvalue weighted by Crippen LogP contribution is -2.47. The number of anilines is 2. The van der Waals surface area contributed by atoms with Crippen LogP contribution in [0.4, 0.5) is 15.8 Å². The Bertz CT molecular complexity index is 1560. The maximum atomic E-state index is 16.0. The summed E-state index contributed by atoms with van der Waals surface area (Å²) in [6.45, 7) is 6.91. The van der Waals surface area contributed by atoms with Crippen molar-refractivity contribution >= 4 is 46.5 Å². The Balaban J connectivity index is 1.70. The lowest BCUT2D eigenvalue weighted by Gasteiger charge is -2.40. The lowest BCUT2D eigenvalue weighted by atomic mass is 9.63. The number of nitrogens with one attached hydrogen (secondary N) is 2. The van der Waals surface area contributed by atoms with Gasteiger partial charge in [0.2, 0.25) is 5.91 Å². The molecule has 4 atom stereocenters. The first-order valence-corrected chi connectivity index (χ1v) is 14.5. The predicted octanol–water partition coefficient (Wildman–Crippen LogP) is 7.04. The van der Waals surface area contributed by atoms with E-state index in [-0.39, 0.29) is 33.7 Å². The molecule has 42 heavy (non-hydrogen) atoms. The van der Waals surface area contributed by atoms with Crippen molar-refractivity contribution in [1.29, 1.82) is 0 Å². The predicted molar refractivity (Wildman–Crippen MR) is 164 cm³/mol. The number of hydrogen-bond acceptors (Lipinski definition) is 5. The minimum atomic E-state index is -1.11. The summed E-state index contributed by atoms with van der Waals surface area (Å²) in [4.78, 5) is 28.0. The molecule has 0 bridgehead atoms. The summed E-state index contributed by atoms with van der Waals surface area (Å²) < 4.78 is 21.4. The fourth-order valence-corrected chi connectivity index (χ4v) is 7.20. The van der Waals surface area contributed by atoms with Gasteiger partial charge in [-0.25, -0.2) is 9.18 Å². The average Bonchev–Trinajstić information content (AvgIpc) is 3.40. The van der Waals surface area contributed by atoms with Crippen LogP contribution < -0.4 is 15.4 Å². The Labute approximate surface area is 255 Å². The molecule has 0 radical (unpaired) electrons. The number of rotatable bonds is 6. The standard InChI is InChI=1S/C32H34Cl2FN3O4/c1-31(2,3)15-25-32(16-36-23-14-18(33)10-11-20(23)32)26(19-7-6-8-21(34)27(19)35)28(38(25)4)29(39)37-22-12-9-17(30(40)41)13-24(22)42-5/h6-14,25-26,28,36H,15-16H2,1-5H3,(H,37,39)(H,40,41)/t25-,26-,28+,32-/m0/s1. The third kappa shape index (κ3) is 5.10. The molecule has 3 aromatic rings. The number of likely N-dealkylation sites (N-methyl/N-ethyl adjacent to an activating group) is 1. The summed E-state index contributed by atoms with van der Waals surface area (Å²) in [7, 11) is 3.31. The molecule has 0 aromatic heterocycles. The van der Waals surface area contributed by atoms with Gasteiger partial charge in [0.1, 0.15) is 11.6 Å². The molecule has 5 rings (SSSR count). The molecule has 2 aliphatic rings. The number of benzene rings is 3. The van der Waals surface area contributed by atoms with E-state index in [4.69, 9.17) is 27.9 Å². The van der Waals surface area contributed by atoms with Crippen LogP contribution >= 0.6 is 23.2 Å². The van der Waals surface area contributed by atoms with Gasteiger partial charge in [0, 0.05) is 34.6 Å². The molecule has 0 saturated carbocycles. The number of ether oxygens (including phenoxy) is 1. The second-order valence-corrected chi connectivity index (χ2v) is 13.1. The molecule has 10 heteroatoms. The first kappa shape index (κ1) is 30.1. The Morgan fingerprint density at radius 1 is 1.17 bits per heavy atom. The van der Waals surface area contributed by atoms with Crippen molar-refractivity contribution in [2.75, 3.05) is 31.3 Å². The number of carboxylic acid groups (broad SMARTS) is 1. The van der Waals surface area contributed by atoms with E-state index in [0.29, 0.717) is 29.2 Å². The largest absolute Gasteiger partial charge is 0.495 e. The van der Waals surface area contributed by atoms with Crippen molar-refractivity contribution in [1.82, 2.24) is 4.90 Å². The molecule has 2 heterocycles. The first-order chi connectivity index (χ1) is 19.8. The van der Waals surface area contributed by atoms with Gasteiger partial charge in [0.05, 0.1) is 29.4 Å². The number of amides is 1. The SMILES string of the molecule is COc1cc(C(=O)O)ccc1NC(=O)[C@H]1[C@H](c2cccc(Cl)c2F)[C@]2(CNc3cc(Cl)ccc32)[C@H](CC(C)(C)C)N1C. The summed E-state index contributed by atoms with van der Waals surface area (Å²) >= 11 is 12.7. The van der Waals surface area contributed by atoms with Crippen LogP contribution in [0.1, 0.15) is 54.6 Å². The van der Waals surface area contributed by atoms with Gasteiger partial charge in [0.25, 0.3) is 0 Å². The number of carbonyl (C=O) groups is 2. The van der Waals surface area contributed by atoms with Crippen molar-refractivity contribution in [2.45, 2.75) is 50.6 Å². The molecular formula is C32H34Cl2FN3O4. The average molecular weight is 615 g/mol. The number of methoxy groups -OCH3 is 1. The quantitative estimate of drug-likeness (QED) is 0.276. The van der Waals surface area contributed by atoms with Crippen molar-refractivity contribution < 1.29 is 23.8 Å². The maximum Gasteiger partial charge on any atom is 0.335 e. The highest BCUT2D eigenvalue weighted by molar-refractivity contribution is 6.31. The van der Waals surface area contributed by atoms with E-state index in [1.54, 1.807) is 12.1 Å². The number of halogens is 3. The normalized spacial score (nSPS) is 23.5. The Hall–Kier alpha value is -3.33. The highest BCUT2D eigenvalue weighted by atomic mass is 35.5. The number of carbonyl (C=O) groups excluding carboxylic acids is 1. The number of aromatic carboxylic acids is 1. The van der Waals surface area contributed by atoms with E-state index in [1.807, 2.05) is 25.2 Å². The highest BCUT2D eigenvalue weighted by Gasteiger charge is 2.64. The van der Waals surface area contributed by atoms with Crippen molar-refractivity contribution in [2.24, 2.45) is 5.41 Å². The molecule has 1 saturated heterocycles. The van der Waals surface area contributed by atoms with Gasteiger partial charge in [-0.3, -0.25) is 9.69 Å². The zero-order valence-electron chi connectivity index (χ0n) is 24.1. The summed E-state index contributed by atoms with van der Waals surface area (Å²) in [5.41, 5.74) is 1.68. The molecule has 0 aliphatic carbocycles. The molecule has 1 amide bonds. The van der Waals surface area contributed by atoms with Crippen LogP contribution in [0.3, 0.4) is 0 Å². The summed E-state index contributed by atoms with van der Waals surface area (Å²) in [5.74, 6) is -2.48. The fraction of sp³-hybridized carbons (Fsp3) is 0.375. The molecule has 222 valence electrons. The summed E-state index contributed by atoms with van der Waals surface area (Å²) in [6.07, 6.45) is 0.715. The summed E-state index contributed by atoms with van der Waals surface area (Å²) in [5, 5.41) is 16.5. The highest BCUT2D eigenvalue weighted by Crippen LogP contribution is 2.59. The zero-order chi connectivity index (χ0) is 30.6. The van der Waals surface area contributed by atoms with E-state index >= 15 is 4.39 Å². The number of fused-ring (bicyclic) bond motifs is 2. The van der Waals surface area contributed by atoms with Gasteiger partial charge in [-0.2, -0.15) is 0 Å². The number of nitrogens with zero attached hydrogens (tertiary/aromatic N) is 1. The third-order valence-corrected chi connectivity index (χ3v) is 9.07. The third-order valence-electron chi connectivity index (χ3n) is 8.55. The van der Waals surface area contributed by atoms with Crippen molar-refractivity contribution in [3.05, 3.63) is 87.2 Å². The minimum absolute atomic E-state index is 0.0167. The van der Waals surface area contributed by atoms with Crippen LogP contribution in [-0.4, -0.2) is 54.7 Å². The minimum Gasteiger partial charge on any atom is -0.495 e. The van der Waals surface area contributed by atoms with Gasteiger partial charge < -0.3 is 20.5 Å².